The van der Waals surface area contributed by atoms with Crippen LogP contribution in [-0.4, -0.2) is 0 Å². The van der Waals surface area contributed by atoms with E-state index in [4.69, 9.17) is 11.6 Å². The zero-order valence-electron chi connectivity index (χ0n) is 13.3. The zero-order chi connectivity index (χ0) is 14.5. The van der Waals surface area contributed by atoms with Crippen LogP contribution >= 0.6 is 11.6 Å². The summed E-state index contributed by atoms with van der Waals surface area (Å²) in [7, 11) is 0. The summed E-state index contributed by atoms with van der Waals surface area (Å²) in [6, 6.07) is 0. The van der Waals surface area contributed by atoms with Gasteiger partial charge in [0, 0.05) is 5.03 Å². The quantitative estimate of drug-likeness (QED) is 0.262. The predicted octanol–water partition coefficient (Wildman–Crippen LogP) is 6.35. The van der Waals surface area contributed by atoms with Crippen molar-refractivity contribution in [1.29, 1.82) is 0 Å². The van der Waals surface area contributed by atoms with Gasteiger partial charge in [-0.25, -0.2) is 5.57 Å². The Hall–Kier alpha value is -0.127. The van der Waals surface area contributed by atoms with E-state index in [1.54, 1.807) is 0 Å². The summed E-state index contributed by atoms with van der Waals surface area (Å²) in [6.45, 7) is 10.9. The molecule has 0 saturated carbocycles. The first kappa shape index (κ1) is 19.9. The zero-order valence-corrected chi connectivity index (χ0v) is 15.8. The molecule has 2 heteroatoms. The molecule has 2 aliphatic carbocycles. The van der Waals surface area contributed by atoms with Gasteiger partial charge in [-0.15, -0.1) is 6.92 Å². The fourth-order valence-corrected chi connectivity index (χ4v) is 2.52. The maximum atomic E-state index is 5.82. The second kappa shape index (κ2) is 9.01. The average Bonchev–Trinajstić information content (AvgIpc) is 2.48. The van der Waals surface area contributed by atoms with Gasteiger partial charge in [0.1, 0.15) is 0 Å². The van der Waals surface area contributed by atoms with Crippen LogP contribution in [0, 0.1) is 11.5 Å². The van der Waals surface area contributed by atoms with Gasteiger partial charge >= 0.3 is 19.5 Å². The van der Waals surface area contributed by atoms with Gasteiger partial charge in [-0.05, 0) is 25.7 Å². The molecule has 113 valence electrons. The molecule has 1 radical (unpaired) electrons. The third-order valence-electron chi connectivity index (χ3n) is 3.98. The van der Waals surface area contributed by atoms with Gasteiger partial charge in [-0.2, -0.15) is 11.1 Å². The van der Waals surface area contributed by atoms with Crippen molar-refractivity contribution in [1.82, 2.24) is 0 Å². The van der Waals surface area contributed by atoms with E-state index in [9.17, 15) is 0 Å². The molecule has 0 bridgehead atoms. The third-order valence-corrected chi connectivity index (χ3v) is 4.32. The van der Waals surface area contributed by atoms with Crippen LogP contribution in [0.4, 0.5) is 0 Å². The molecule has 0 heterocycles. The molecule has 0 amide bonds. The summed E-state index contributed by atoms with van der Waals surface area (Å²) >= 11 is 5.82. The van der Waals surface area contributed by atoms with Gasteiger partial charge in [0.15, 0.2) is 0 Å². The van der Waals surface area contributed by atoms with Crippen molar-refractivity contribution in [3.63, 3.8) is 0 Å². The van der Waals surface area contributed by atoms with Crippen LogP contribution in [0.5, 0.6) is 0 Å². The summed E-state index contributed by atoms with van der Waals surface area (Å²) in [5.41, 5.74) is 4.39. The van der Waals surface area contributed by atoms with Crippen molar-refractivity contribution in [2.24, 2.45) is 5.41 Å². The number of hydrogen-bond donors (Lipinski definition) is 0. The van der Waals surface area contributed by atoms with E-state index >= 15 is 0 Å². The minimum atomic E-state index is 0. The van der Waals surface area contributed by atoms with E-state index in [1.165, 1.54) is 16.7 Å². The topological polar surface area (TPSA) is 0 Å². The summed E-state index contributed by atoms with van der Waals surface area (Å²) in [6.07, 6.45) is 14.4. The summed E-state index contributed by atoms with van der Waals surface area (Å²) in [4.78, 5) is 0. The standard InChI is InChI=1S/C10H15.C8H11Cl.Ru/c1-7-6-10(4,5)9(3)8(7)2;9-8-6-4-2-1-3-5-7-8;/h1-5H3;1-2,7H,3-6H2;/q-1;;+1/b;2-1-,8-7+;. The van der Waals surface area contributed by atoms with Crippen LogP contribution < -0.4 is 0 Å². The van der Waals surface area contributed by atoms with Crippen molar-refractivity contribution in [3.05, 3.63) is 46.1 Å². The molecule has 2 rings (SSSR count). The first-order valence-electron chi connectivity index (χ1n) is 7.14. The van der Waals surface area contributed by atoms with Crippen molar-refractivity contribution >= 4 is 11.6 Å². The van der Waals surface area contributed by atoms with Crippen LogP contribution in [0.3, 0.4) is 0 Å². The minimum Gasteiger partial charge on any atom is -0.263 e. The SMILES string of the molecule is CC1=[C-]C(C)(C)C(C)=C1C.Cl/C1=C/CC/C=C\CC1.[Ru+]. The molecule has 0 aromatic rings. The molecule has 0 N–H and O–H groups in total. The molecule has 0 aliphatic heterocycles. The van der Waals surface area contributed by atoms with E-state index in [2.05, 4.69) is 58.9 Å². The number of halogens is 1. The molecule has 0 nitrogen and oxygen atoms in total. The number of hydrogen-bond acceptors (Lipinski definition) is 0. The van der Waals surface area contributed by atoms with E-state index < -0.39 is 0 Å². The van der Waals surface area contributed by atoms with Crippen molar-refractivity contribution in [2.75, 3.05) is 0 Å². The normalized spacial score (nSPS) is 25.1. The maximum Gasteiger partial charge on any atom is 1.00 e. The fraction of sp³-hybridized carbons (Fsp3) is 0.556. The van der Waals surface area contributed by atoms with Crippen molar-refractivity contribution < 1.29 is 19.5 Å². The van der Waals surface area contributed by atoms with Crippen LogP contribution in [-0.2, 0) is 19.5 Å². The predicted molar refractivity (Wildman–Crippen MR) is 86.1 cm³/mol. The minimum absolute atomic E-state index is 0. The molecule has 20 heavy (non-hydrogen) atoms. The Balaban J connectivity index is 0.000000345. The van der Waals surface area contributed by atoms with E-state index in [1.807, 2.05) is 0 Å². The third kappa shape index (κ3) is 6.10. The van der Waals surface area contributed by atoms with Crippen molar-refractivity contribution in [2.45, 2.75) is 60.3 Å². The van der Waals surface area contributed by atoms with Crippen LogP contribution in [0.25, 0.3) is 0 Å². The Morgan fingerprint density at radius 2 is 1.65 bits per heavy atom. The summed E-state index contributed by atoms with van der Waals surface area (Å²) < 4.78 is 0. The molecule has 0 atom stereocenters. The van der Waals surface area contributed by atoms with Crippen LogP contribution in [0.15, 0.2) is 40.0 Å². The molecule has 2 aliphatic rings. The van der Waals surface area contributed by atoms with E-state index in [0.717, 1.165) is 30.7 Å². The fourth-order valence-electron chi connectivity index (χ4n) is 2.30. The monoisotopic (exact) mass is 379 g/mol. The van der Waals surface area contributed by atoms with Gasteiger partial charge in [0.2, 0.25) is 0 Å². The molecular formula is C18H26ClRu. The Kier molecular flexibility index (Phi) is 8.95. The van der Waals surface area contributed by atoms with Gasteiger partial charge in [-0.3, -0.25) is 6.08 Å². The van der Waals surface area contributed by atoms with Gasteiger partial charge in [0.25, 0.3) is 0 Å². The average molecular weight is 379 g/mol. The number of rotatable bonds is 0. The molecule has 0 spiro atoms. The van der Waals surface area contributed by atoms with Crippen LogP contribution in [0.1, 0.15) is 60.3 Å². The van der Waals surface area contributed by atoms with Crippen molar-refractivity contribution in [3.8, 4) is 0 Å². The molecule has 0 unspecified atom stereocenters. The summed E-state index contributed by atoms with van der Waals surface area (Å²) in [5.74, 6) is 0. The smallest absolute Gasteiger partial charge is 0.263 e. The molecular weight excluding hydrogens is 353 g/mol. The van der Waals surface area contributed by atoms with Gasteiger partial charge in [0.05, 0.1) is 0 Å². The Morgan fingerprint density at radius 1 is 1.05 bits per heavy atom. The first-order valence-corrected chi connectivity index (χ1v) is 7.52. The summed E-state index contributed by atoms with van der Waals surface area (Å²) in [5, 5.41) is 1.03. The Morgan fingerprint density at radius 3 is 2.10 bits per heavy atom. The Labute approximate surface area is 142 Å². The number of allylic oxidation sites excluding steroid dienone is 8. The van der Waals surface area contributed by atoms with Gasteiger partial charge < -0.3 is 0 Å². The largest absolute Gasteiger partial charge is 1.00 e. The maximum absolute atomic E-state index is 5.82. The molecule has 0 saturated heterocycles. The molecule has 0 aromatic heterocycles. The second-order valence-electron chi connectivity index (χ2n) is 5.86. The second-order valence-corrected chi connectivity index (χ2v) is 6.35. The van der Waals surface area contributed by atoms with E-state index in [0.29, 0.717) is 0 Å². The molecule has 0 fully saturated rings. The molecule has 0 aromatic carbocycles. The van der Waals surface area contributed by atoms with E-state index in [-0.39, 0.29) is 24.9 Å². The van der Waals surface area contributed by atoms with Crippen LogP contribution in [0.2, 0.25) is 0 Å². The Bertz CT molecular complexity index is 436. The first-order chi connectivity index (χ1) is 8.84. The van der Waals surface area contributed by atoms with Gasteiger partial charge in [-0.1, -0.05) is 62.9 Å².